The number of carbonyl (C=O) groups is 1. The smallest absolute Gasteiger partial charge is 0.366 e. The molecule has 3 aromatic rings. The number of thiazole rings is 1. The molecule has 3 N–H and O–H groups in total. The number of primary amides is 1. The number of benzene rings is 1. The van der Waals surface area contributed by atoms with Crippen LogP contribution in [0.5, 0.6) is 0 Å². The van der Waals surface area contributed by atoms with Crippen LogP contribution >= 0.6 is 11.3 Å². The predicted molar refractivity (Wildman–Crippen MR) is 93.3 cm³/mol. The zero-order valence-electron chi connectivity index (χ0n) is 15.1. The molecule has 0 saturated heterocycles. The third-order valence-corrected chi connectivity index (χ3v) is 4.91. The summed E-state index contributed by atoms with van der Waals surface area (Å²) in [6.45, 7) is 1.27. The number of hydrogen-bond donors (Lipinski definition) is 2. The van der Waals surface area contributed by atoms with Gasteiger partial charge in [0.25, 0.3) is 0 Å². The van der Waals surface area contributed by atoms with E-state index in [-0.39, 0.29) is 22.4 Å². The van der Waals surface area contributed by atoms with Crippen LogP contribution < -0.4 is 5.73 Å². The molecule has 0 atom stereocenters. The molecule has 0 radical (unpaired) electrons. The SMILES string of the molecule is Cc1ccc(C(N)=O)c(-c2cscn2)c1-c1n[nH]c(C(F)(F)C(F)(F)F)c1C(F)(F)F. The highest BCUT2D eigenvalue weighted by atomic mass is 32.1. The lowest BCUT2D eigenvalue weighted by Crippen LogP contribution is -2.36. The van der Waals surface area contributed by atoms with E-state index in [0.717, 1.165) is 11.3 Å². The Morgan fingerprint density at radius 1 is 1.06 bits per heavy atom. The Bertz CT molecular complexity index is 1130. The molecule has 0 unspecified atom stereocenters. The molecule has 0 aliphatic carbocycles. The molecule has 1 aromatic carbocycles. The van der Waals surface area contributed by atoms with Gasteiger partial charge in [0, 0.05) is 22.1 Å². The maximum atomic E-state index is 13.9. The van der Waals surface area contributed by atoms with Gasteiger partial charge >= 0.3 is 18.3 Å². The molecule has 2 heterocycles. The standard InChI is InChI=1S/C17H10F8N4OS/c1-6-2-3-7(14(26)30)10(8-4-31-5-27-8)9(6)12-11(16(20,21)22)13(29-28-12)15(18,19)17(23,24)25/h2-5H,1H3,(H2,26,30)(H,28,29). The topological polar surface area (TPSA) is 84.7 Å². The van der Waals surface area contributed by atoms with Crippen molar-refractivity contribution in [2.75, 3.05) is 0 Å². The number of aromatic nitrogens is 3. The average Bonchev–Trinajstić information content (AvgIpc) is 3.29. The minimum atomic E-state index is -6.32. The van der Waals surface area contributed by atoms with Crippen molar-refractivity contribution >= 4 is 17.2 Å². The molecule has 0 aliphatic heterocycles. The highest BCUT2D eigenvalue weighted by Crippen LogP contribution is 2.51. The summed E-state index contributed by atoms with van der Waals surface area (Å²) in [5, 5.41) is 5.71. The molecule has 0 bridgehead atoms. The average molecular weight is 470 g/mol. The number of halogens is 8. The van der Waals surface area contributed by atoms with Crippen LogP contribution in [0.4, 0.5) is 35.1 Å². The van der Waals surface area contributed by atoms with E-state index >= 15 is 0 Å². The maximum Gasteiger partial charge on any atom is 0.459 e. The van der Waals surface area contributed by atoms with Crippen molar-refractivity contribution in [1.29, 1.82) is 0 Å². The molecule has 31 heavy (non-hydrogen) atoms. The fraction of sp³-hybridized carbons (Fsp3) is 0.235. The lowest BCUT2D eigenvalue weighted by Gasteiger charge is -2.21. The second-order valence-corrected chi connectivity index (χ2v) is 7.03. The lowest BCUT2D eigenvalue weighted by atomic mass is 9.90. The van der Waals surface area contributed by atoms with Crippen LogP contribution in [0.1, 0.15) is 27.2 Å². The van der Waals surface area contributed by atoms with Gasteiger partial charge < -0.3 is 5.73 Å². The Kier molecular flexibility index (Phi) is 5.32. The second-order valence-electron chi connectivity index (χ2n) is 6.31. The minimum Gasteiger partial charge on any atom is -0.366 e. The van der Waals surface area contributed by atoms with Crippen molar-refractivity contribution in [3.63, 3.8) is 0 Å². The van der Waals surface area contributed by atoms with Crippen LogP contribution in [-0.4, -0.2) is 27.3 Å². The number of amides is 1. The zero-order valence-corrected chi connectivity index (χ0v) is 15.9. The monoisotopic (exact) mass is 470 g/mol. The van der Waals surface area contributed by atoms with Gasteiger partial charge in [-0.15, -0.1) is 11.3 Å². The molecular weight excluding hydrogens is 460 g/mol. The van der Waals surface area contributed by atoms with Gasteiger partial charge in [-0.25, -0.2) is 4.98 Å². The first-order chi connectivity index (χ1) is 14.2. The number of nitrogens with two attached hydrogens (primary N) is 1. The largest absolute Gasteiger partial charge is 0.459 e. The summed E-state index contributed by atoms with van der Waals surface area (Å²) in [4.78, 5) is 15.8. The zero-order chi connectivity index (χ0) is 23.4. The summed E-state index contributed by atoms with van der Waals surface area (Å²) in [5.74, 6) is -6.95. The van der Waals surface area contributed by atoms with Gasteiger partial charge in [-0.05, 0) is 18.6 Å². The van der Waals surface area contributed by atoms with E-state index in [1.54, 1.807) is 0 Å². The Labute approximate surface area is 171 Å². The van der Waals surface area contributed by atoms with Crippen LogP contribution in [0.25, 0.3) is 22.5 Å². The molecule has 1 amide bonds. The fourth-order valence-corrected chi connectivity index (χ4v) is 3.53. The van der Waals surface area contributed by atoms with Crippen LogP contribution in [0.2, 0.25) is 0 Å². The number of hydrogen-bond acceptors (Lipinski definition) is 4. The van der Waals surface area contributed by atoms with Crippen molar-refractivity contribution in [1.82, 2.24) is 15.2 Å². The molecule has 0 aliphatic rings. The van der Waals surface area contributed by atoms with Crippen molar-refractivity contribution < 1.29 is 39.9 Å². The number of carbonyl (C=O) groups excluding carboxylic acids is 1. The molecule has 166 valence electrons. The van der Waals surface area contributed by atoms with Crippen LogP contribution in [-0.2, 0) is 12.1 Å². The van der Waals surface area contributed by atoms with Crippen molar-refractivity contribution in [3.05, 3.63) is 45.4 Å². The highest BCUT2D eigenvalue weighted by molar-refractivity contribution is 7.07. The van der Waals surface area contributed by atoms with Gasteiger partial charge in [-0.3, -0.25) is 9.89 Å². The van der Waals surface area contributed by atoms with Gasteiger partial charge in [0.15, 0.2) is 0 Å². The van der Waals surface area contributed by atoms with E-state index < -0.39 is 46.7 Å². The van der Waals surface area contributed by atoms with Crippen LogP contribution in [0, 0.1) is 6.92 Å². The first-order valence-corrected chi connectivity index (χ1v) is 9.05. The molecule has 0 spiro atoms. The summed E-state index contributed by atoms with van der Waals surface area (Å²) in [7, 11) is 0. The third kappa shape index (κ3) is 3.75. The summed E-state index contributed by atoms with van der Waals surface area (Å²) >= 11 is 1.00. The number of aromatic amines is 1. The first-order valence-electron chi connectivity index (χ1n) is 8.10. The summed E-state index contributed by atoms with van der Waals surface area (Å²) in [5.41, 5.74) is -0.551. The second kappa shape index (κ2) is 7.28. The number of nitrogens with one attached hydrogen (secondary N) is 1. The number of H-pyrrole nitrogens is 1. The number of alkyl halides is 8. The molecule has 0 saturated carbocycles. The molecule has 5 nitrogen and oxygen atoms in total. The third-order valence-electron chi connectivity index (χ3n) is 4.32. The quantitative estimate of drug-likeness (QED) is 0.509. The predicted octanol–water partition coefficient (Wildman–Crippen LogP) is 5.28. The van der Waals surface area contributed by atoms with Crippen LogP contribution in [0.15, 0.2) is 23.0 Å². The first kappa shape index (κ1) is 22.7. The van der Waals surface area contributed by atoms with Crippen molar-refractivity contribution in [3.8, 4) is 22.5 Å². The molecule has 3 rings (SSSR count). The highest BCUT2D eigenvalue weighted by Gasteiger charge is 2.63. The number of aryl methyl sites for hydroxylation is 1. The van der Waals surface area contributed by atoms with Gasteiger partial charge in [0.2, 0.25) is 5.91 Å². The van der Waals surface area contributed by atoms with Crippen LogP contribution in [0.3, 0.4) is 0 Å². The van der Waals surface area contributed by atoms with Crippen molar-refractivity contribution in [2.24, 2.45) is 5.73 Å². The fourth-order valence-electron chi connectivity index (χ4n) is 2.99. The molecule has 0 fully saturated rings. The normalized spacial score (nSPS) is 12.9. The van der Waals surface area contributed by atoms with E-state index in [0.29, 0.717) is 0 Å². The number of rotatable bonds is 4. The molecule has 2 aromatic heterocycles. The van der Waals surface area contributed by atoms with E-state index in [1.165, 1.54) is 35.0 Å². The van der Waals surface area contributed by atoms with Gasteiger partial charge in [-0.2, -0.15) is 40.2 Å². The van der Waals surface area contributed by atoms with Gasteiger partial charge in [-0.1, -0.05) is 6.07 Å². The lowest BCUT2D eigenvalue weighted by molar-refractivity contribution is -0.292. The maximum absolute atomic E-state index is 13.9. The Morgan fingerprint density at radius 2 is 1.71 bits per heavy atom. The number of nitrogens with zero attached hydrogens (tertiary/aromatic N) is 2. The Morgan fingerprint density at radius 3 is 2.19 bits per heavy atom. The van der Waals surface area contributed by atoms with E-state index in [2.05, 4.69) is 10.1 Å². The van der Waals surface area contributed by atoms with E-state index in [4.69, 9.17) is 5.73 Å². The van der Waals surface area contributed by atoms with Gasteiger partial charge in [0.1, 0.15) is 17.0 Å². The van der Waals surface area contributed by atoms with E-state index in [1.807, 2.05) is 0 Å². The minimum absolute atomic E-state index is 0.00637. The summed E-state index contributed by atoms with van der Waals surface area (Å²) < 4.78 is 107. The van der Waals surface area contributed by atoms with E-state index in [9.17, 15) is 39.9 Å². The van der Waals surface area contributed by atoms with Gasteiger partial charge in [0.05, 0.1) is 11.2 Å². The summed E-state index contributed by atoms with van der Waals surface area (Å²) in [6, 6.07) is 2.35. The molecular formula is C17H10F8N4OS. The summed E-state index contributed by atoms with van der Waals surface area (Å²) in [6.07, 6.45) is -12.0. The van der Waals surface area contributed by atoms with Crippen molar-refractivity contribution in [2.45, 2.75) is 25.2 Å². The Balaban J connectivity index is 2.46. The molecule has 14 heteroatoms. The Hall–Kier alpha value is -3.03.